The summed E-state index contributed by atoms with van der Waals surface area (Å²) in [5, 5.41) is 14.2. The Balaban J connectivity index is 1.67. The van der Waals surface area contributed by atoms with E-state index in [1.54, 1.807) is 7.11 Å². The molecular weight excluding hydrogens is 384 g/mol. The van der Waals surface area contributed by atoms with Crippen molar-refractivity contribution in [3.05, 3.63) is 55.9 Å². The fourth-order valence-electron chi connectivity index (χ4n) is 5.19. The van der Waals surface area contributed by atoms with E-state index in [0.29, 0.717) is 0 Å². The number of rotatable bonds is 3. The van der Waals surface area contributed by atoms with Crippen LogP contribution in [0.25, 0.3) is 10.9 Å². The summed E-state index contributed by atoms with van der Waals surface area (Å²) in [6.45, 7) is 0.781. The molecule has 1 aromatic carbocycles. The van der Waals surface area contributed by atoms with Crippen molar-refractivity contribution in [1.29, 1.82) is 0 Å². The van der Waals surface area contributed by atoms with Gasteiger partial charge in [0.25, 0.3) is 5.56 Å². The largest absolute Gasteiger partial charge is 0.497 e. The van der Waals surface area contributed by atoms with Gasteiger partial charge >= 0.3 is 5.69 Å². The lowest BCUT2D eigenvalue weighted by Gasteiger charge is -2.27. The minimum atomic E-state index is -0.523. The average Bonchev–Trinajstić information content (AvgIpc) is 3.13. The number of nitrogens with one attached hydrogen (secondary N) is 2. The zero-order valence-corrected chi connectivity index (χ0v) is 17.0. The smallest absolute Gasteiger partial charge is 0.331 e. The second-order valence-electron chi connectivity index (χ2n) is 8.34. The summed E-state index contributed by atoms with van der Waals surface area (Å²) in [5.41, 5.74) is 2.21. The third-order valence-corrected chi connectivity index (χ3v) is 6.66. The van der Waals surface area contributed by atoms with Gasteiger partial charge in [-0.1, -0.05) is 19.3 Å². The van der Waals surface area contributed by atoms with E-state index in [4.69, 9.17) is 4.74 Å². The van der Waals surface area contributed by atoms with Crippen LogP contribution in [0.2, 0.25) is 0 Å². The number of fused-ring (bicyclic) bond motifs is 3. The van der Waals surface area contributed by atoms with Gasteiger partial charge in [-0.15, -0.1) is 0 Å². The van der Waals surface area contributed by atoms with E-state index in [1.807, 2.05) is 18.2 Å². The van der Waals surface area contributed by atoms with Gasteiger partial charge in [-0.3, -0.25) is 14.3 Å². The van der Waals surface area contributed by atoms with E-state index in [-0.39, 0.29) is 17.5 Å². The van der Waals surface area contributed by atoms with Crippen molar-refractivity contribution in [1.82, 2.24) is 14.5 Å². The molecule has 2 aliphatic rings. The summed E-state index contributed by atoms with van der Waals surface area (Å²) in [7, 11) is 1.64. The van der Waals surface area contributed by atoms with Crippen molar-refractivity contribution in [2.45, 2.75) is 50.6 Å². The fourth-order valence-corrected chi connectivity index (χ4v) is 5.19. The summed E-state index contributed by atoms with van der Waals surface area (Å²) < 4.78 is 6.78. The highest BCUT2D eigenvalue weighted by atomic mass is 16.5. The Morgan fingerprint density at radius 2 is 1.97 bits per heavy atom. The molecular formula is C22H27N4O4+. The first kappa shape index (κ1) is 19.0. The zero-order chi connectivity index (χ0) is 20.8. The summed E-state index contributed by atoms with van der Waals surface area (Å²) in [6.07, 6.45) is 5.71. The summed E-state index contributed by atoms with van der Waals surface area (Å²) in [4.78, 5) is 31.3. The second kappa shape index (κ2) is 7.36. The summed E-state index contributed by atoms with van der Waals surface area (Å²) in [5.74, 6) is 0.586. The average molecular weight is 411 g/mol. The molecule has 8 nitrogen and oxygen atoms in total. The molecule has 1 aliphatic carbocycles. The van der Waals surface area contributed by atoms with Crippen molar-refractivity contribution in [3.63, 3.8) is 0 Å². The van der Waals surface area contributed by atoms with E-state index in [0.717, 1.165) is 73.0 Å². The number of hydrogen-bond donors (Lipinski definition) is 4. The van der Waals surface area contributed by atoms with E-state index in [2.05, 4.69) is 15.3 Å². The number of nitrogens with zero attached hydrogens (tertiary/aromatic N) is 1. The van der Waals surface area contributed by atoms with Gasteiger partial charge in [-0.25, -0.2) is 4.79 Å². The lowest BCUT2D eigenvalue weighted by atomic mass is 9.93. The predicted molar refractivity (Wildman–Crippen MR) is 112 cm³/mol. The Morgan fingerprint density at radius 3 is 2.73 bits per heavy atom. The molecule has 0 amide bonds. The number of quaternary nitrogens is 1. The number of benzene rings is 1. The van der Waals surface area contributed by atoms with Gasteiger partial charge in [0, 0.05) is 23.4 Å². The van der Waals surface area contributed by atoms with E-state index in [1.165, 1.54) is 4.57 Å². The van der Waals surface area contributed by atoms with Crippen molar-refractivity contribution < 1.29 is 15.2 Å². The Morgan fingerprint density at radius 1 is 1.17 bits per heavy atom. The molecule has 0 spiro atoms. The molecule has 1 aliphatic heterocycles. The zero-order valence-electron chi connectivity index (χ0n) is 17.0. The van der Waals surface area contributed by atoms with Gasteiger partial charge in [0.05, 0.1) is 19.3 Å². The Bertz CT molecular complexity index is 1220. The quantitative estimate of drug-likeness (QED) is 0.522. The lowest BCUT2D eigenvalue weighted by molar-refractivity contribution is -0.690. The number of nitrogens with two attached hydrogens (primary N) is 1. The number of H-pyrrole nitrogens is 2. The van der Waals surface area contributed by atoms with Gasteiger partial charge in [-0.2, -0.15) is 0 Å². The highest BCUT2D eigenvalue weighted by Crippen LogP contribution is 2.35. The van der Waals surface area contributed by atoms with Gasteiger partial charge in [0.1, 0.15) is 11.3 Å². The van der Waals surface area contributed by atoms with Crippen LogP contribution in [0.3, 0.4) is 0 Å². The first-order valence-corrected chi connectivity index (χ1v) is 10.7. The normalized spacial score (nSPS) is 19.7. The molecule has 0 radical (unpaired) electrons. The molecule has 30 heavy (non-hydrogen) atoms. The van der Waals surface area contributed by atoms with Crippen LogP contribution in [0, 0.1) is 0 Å². The molecule has 5 rings (SSSR count). The number of ether oxygens (including phenoxy) is 1. The molecule has 1 fully saturated rings. The van der Waals surface area contributed by atoms with Gasteiger partial charge in [0.2, 0.25) is 5.88 Å². The van der Waals surface area contributed by atoms with E-state index in [9.17, 15) is 14.7 Å². The second-order valence-corrected chi connectivity index (χ2v) is 8.34. The maximum Gasteiger partial charge on any atom is 0.331 e. The molecule has 0 bridgehead atoms. The van der Waals surface area contributed by atoms with Crippen LogP contribution in [0.5, 0.6) is 11.6 Å². The SMILES string of the molecule is COc1ccc2[nH]c3c(c2c1)CC[NH2+][C@@H]3c1c(O)n(C2CCCCC2)c(=O)[nH]c1=O. The van der Waals surface area contributed by atoms with Gasteiger partial charge in [0.15, 0.2) is 6.04 Å². The third kappa shape index (κ3) is 2.94. The minimum absolute atomic E-state index is 0.0723. The van der Waals surface area contributed by atoms with Crippen molar-refractivity contribution in [2.24, 2.45) is 0 Å². The summed E-state index contributed by atoms with van der Waals surface area (Å²) in [6, 6.07) is 5.40. The highest BCUT2D eigenvalue weighted by molar-refractivity contribution is 5.86. The molecule has 3 aromatic rings. The number of methoxy groups -OCH3 is 1. The predicted octanol–water partition coefficient (Wildman–Crippen LogP) is 1.45. The standard InChI is InChI=1S/C22H26N4O4/c1-30-13-7-8-16-15(11-13)14-9-10-23-19(18(14)24-16)17-20(27)25-22(29)26(21(17)28)12-5-3-2-4-6-12/h7-8,11-12,19,23-24,28H,2-6,9-10H2,1H3,(H,25,27,29)/p+1/t19-/m1/s1. The van der Waals surface area contributed by atoms with Crippen LogP contribution in [0.1, 0.15) is 61.0 Å². The molecule has 8 heteroatoms. The van der Waals surface area contributed by atoms with Crippen molar-refractivity contribution in [2.75, 3.05) is 13.7 Å². The van der Waals surface area contributed by atoms with Crippen LogP contribution in [-0.4, -0.2) is 33.3 Å². The van der Waals surface area contributed by atoms with Crippen LogP contribution in [0.15, 0.2) is 27.8 Å². The Kier molecular flexibility index (Phi) is 4.66. The van der Waals surface area contributed by atoms with Gasteiger partial charge in [-0.05, 0) is 36.6 Å². The first-order chi connectivity index (χ1) is 14.6. The fraction of sp³-hybridized carbons (Fsp3) is 0.455. The van der Waals surface area contributed by atoms with E-state index < -0.39 is 17.3 Å². The molecule has 5 N–H and O–H groups in total. The van der Waals surface area contributed by atoms with E-state index >= 15 is 0 Å². The van der Waals surface area contributed by atoms with Crippen LogP contribution in [0.4, 0.5) is 0 Å². The number of hydrogen-bond acceptors (Lipinski definition) is 4. The van der Waals surface area contributed by atoms with Crippen LogP contribution >= 0.6 is 0 Å². The monoisotopic (exact) mass is 411 g/mol. The van der Waals surface area contributed by atoms with Gasteiger partial charge < -0.3 is 20.1 Å². The topological polar surface area (TPSA) is 117 Å². The minimum Gasteiger partial charge on any atom is -0.497 e. The number of aromatic amines is 2. The molecule has 1 saturated carbocycles. The third-order valence-electron chi connectivity index (χ3n) is 6.66. The van der Waals surface area contributed by atoms with Crippen LogP contribution in [-0.2, 0) is 6.42 Å². The molecule has 0 saturated heterocycles. The Hall–Kier alpha value is -3.00. The first-order valence-electron chi connectivity index (χ1n) is 10.7. The maximum absolute atomic E-state index is 12.8. The molecule has 1 atom stereocenters. The number of aromatic hydroxyl groups is 1. The molecule has 3 heterocycles. The van der Waals surface area contributed by atoms with Crippen molar-refractivity contribution >= 4 is 10.9 Å². The van der Waals surface area contributed by atoms with Crippen molar-refractivity contribution in [3.8, 4) is 11.6 Å². The van der Waals surface area contributed by atoms with Crippen LogP contribution < -0.4 is 21.3 Å². The molecule has 0 unspecified atom stereocenters. The molecule has 2 aromatic heterocycles. The highest BCUT2D eigenvalue weighted by Gasteiger charge is 2.35. The maximum atomic E-state index is 12.8. The Labute approximate surface area is 172 Å². The lowest BCUT2D eigenvalue weighted by Crippen LogP contribution is -2.87. The molecule has 158 valence electrons. The summed E-state index contributed by atoms with van der Waals surface area (Å²) >= 11 is 0. The number of aromatic nitrogens is 3.